The molecule has 1 heterocycles. The summed E-state index contributed by atoms with van der Waals surface area (Å²) in [7, 11) is 0. The molecule has 0 bridgehead atoms. The molecule has 0 fully saturated rings. The Kier molecular flexibility index (Phi) is 2.53. The highest BCUT2D eigenvalue weighted by Gasteiger charge is 2.41. The van der Waals surface area contributed by atoms with Crippen LogP contribution in [0.4, 0.5) is 8.78 Å². The minimum Gasteiger partial charge on any atom is -0.477 e. The van der Waals surface area contributed by atoms with E-state index in [4.69, 9.17) is 5.11 Å². The van der Waals surface area contributed by atoms with Gasteiger partial charge in [-0.3, -0.25) is 4.98 Å². The van der Waals surface area contributed by atoms with Crippen molar-refractivity contribution in [1.82, 2.24) is 4.98 Å². The number of aliphatic carboxylic acids is 1. The molecule has 3 nitrogen and oxygen atoms in total. The Balaban J connectivity index is 2.59. The quantitative estimate of drug-likeness (QED) is 0.873. The lowest BCUT2D eigenvalue weighted by Gasteiger charge is -2.11. The van der Waals surface area contributed by atoms with Crippen LogP contribution in [0.2, 0.25) is 0 Å². The average Bonchev–Trinajstić information content (AvgIpc) is 2.28. The molecule has 2 rings (SSSR count). The van der Waals surface area contributed by atoms with Crippen LogP contribution in [0.15, 0.2) is 30.3 Å². The highest BCUT2D eigenvalue weighted by molar-refractivity contribution is 5.83. The zero-order chi connectivity index (χ0) is 12.6. The van der Waals surface area contributed by atoms with Crippen molar-refractivity contribution in [2.24, 2.45) is 0 Å². The zero-order valence-corrected chi connectivity index (χ0v) is 8.95. The van der Waals surface area contributed by atoms with Crippen LogP contribution in [0, 0.1) is 6.92 Å². The number of aryl methyl sites for hydroxylation is 1. The van der Waals surface area contributed by atoms with Crippen molar-refractivity contribution in [2.45, 2.75) is 12.8 Å². The summed E-state index contributed by atoms with van der Waals surface area (Å²) >= 11 is 0. The second-order valence-electron chi connectivity index (χ2n) is 3.74. The third-order valence-electron chi connectivity index (χ3n) is 2.46. The number of benzene rings is 1. The van der Waals surface area contributed by atoms with Gasteiger partial charge in [-0.15, -0.1) is 0 Å². The van der Waals surface area contributed by atoms with Gasteiger partial charge in [0.2, 0.25) is 0 Å². The maximum Gasteiger partial charge on any atom is 0.379 e. The Morgan fingerprint density at radius 1 is 1.29 bits per heavy atom. The number of carboxylic acids is 1. The summed E-state index contributed by atoms with van der Waals surface area (Å²) in [6.45, 7) is 1.79. The Morgan fingerprint density at radius 3 is 2.65 bits per heavy atom. The summed E-state index contributed by atoms with van der Waals surface area (Å²) < 4.78 is 26.5. The lowest BCUT2D eigenvalue weighted by Crippen LogP contribution is -2.25. The van der Waals surface area contributed by atoms with Crippen molar-refractivity contribution in [3.8, 4) is 0 Å². The fourth-order valence-electron chi connectivity index (χ4n) is 1.55. The summed E-state index contributed by atoms with van der Waals surface area (Å²) in [4.78, 5) is 14.6. The molecule has 1 aromatic carbocycles. The third-order valence-corrected chi connectivity index (χ3v) is 2.46. The van der Waals surface area contributed by atoms with Crippen LogP contribution in [-0.2, 0) is 10.7 Å². The van der Waals surface area contributed by atoms with E-state index in [2.05, 4.69) is 4.98 Å². The van der Waals surface area contributed by atoms with Gasteiger partial charge in [-0.05, 0) is 25.1 Å². The van der Waals surface area contributed by atoms with Gasteiger partial charge in [0, 0.05) is 16.6 Å². The number of pyridine rings is 1. The molecule has 2 aromatic rings. The van der Waals surface area contributed by atoms with E-state index in [1.807, 2.05) is 0 Å². The first kappa shape index (κ1) is 11.4. The molecule has 0 amide bonds. The van der Waals surface area contributed by atoms with Gasteiger partial charge in [0.25, 0.3) is 0 Å². The van der Waals surface area contributed by atoms with Crippen LogP contribution in [0.25, 0.3) is 10.9 Å². The second kappa shape index (κ2) is 3.76. The summed E-state index contributed by atoms with van der Waals surface area (Å²) in [6, 6.07) is 6.96. The van der Waals surface area contributed by atoms with Gasteiger partial charge in [-0.2, -0.15) is 8.78 Å². The molecule has 1 N–H and O–H groups in total. The van der Waals surface area contributed by atoms with E-state index >= 15 is 0 Å². The molecule has 0 unspecified atom stereocenters. The van der Waals surface area contributed by atoms with E-state index in [-0.39, 0.29) is 0 Å². The number of carboxylic acid groups (broad SMARTS) is 1. The fourth-order valence-corrected chi connectivity index (χ4v) is 1.55. The molecular weight excluding hydrogens is 228 g/mol. The lowest BCUT2D eigenvalue weighted by atomic mass is 10.1. The summed E-state index contributed by atoms with van der Waals surface area (Å²) in [5, 5.41) is 8.94. The van der Waals surface area contributed by atoms with Gasteiger partial charge in [0.1, 0.15) is 0 Å². The van der Waals surface area contributed by atoms with Crippen LogP contribution in [-0.4, -0.2) is 16.1 Å². The first-order valence-electron chi connectivity index (χ1n) is 4.90. The fraction of sp³-hybridized carbons (Fsp3) is 0.167. The standard InChI is InChI=1S/C12H9F2NO2/c1-7-2-3-8-6-9(4-5-10(8)15-7)12(13,14)11(16)17/h2-6H,1H3,(H,16,17). The lowest BCUT2D eigenvalue weighted by molar-refractivity contribution is -0.166. The molecule has 0 aliphatic heterocycles. The van der Waals surface area contributed by atoms with Gasteiger partial charge < -0.3 is 5.11 Å². The number of rotatable bonds is 2. The first-order chi connectivity index (χ1) is 7.91. The van der Waals surface area contributed by atoms with E-state index in [0.29, 0.717) is 10.9 Å². The SMILES string of the molecule is Cc1ccc2cc(C(F)(F)C(=O)O)ccc2n1. The number of hydrogen-bond donors (Lipinski definition) is 1. The predicted molar refractivity (Wildman–Crippen MR) is 58.0 cm³/mol. The molecule has 0 atom stereocenters. The highest BCUT2D eigenvalue weighted by atomic mass is 19.3. The van der Waals surface area contributed by atoms with E-state index in [1.165, 1.54) is 6.07 Å². The minimum atomic E-state index is -3.88. The van der Waals surface area contributed by atoms with Gasteiger partial charge >= 0.3 is 11.9 Å². The summed E-state index contributed by atoms with van der Waals surface area (Å²) in [5.41, 5.74) is 0.799. The topological polar surface area (TPSA) is 50.2 Å². The number of alkyl halides is 2. The van der Waals surface area contributed by atoms with Gasteiger partial charge in [-0.1, -0.05) is 12.1 Å². The number of nitrogens with zero attached hydrogens (tertiary/aromatic N) is 1. The molecule has 17 heavy (non-hydrogen) atoms. The van der Waals surface area contributed by atoms with Crippen molar-refractivity contribution >= 4 is 16.9 Å². The Morgan fingerprint density at radius 2 is 2.00 bits per heavy atom. The van der Waals surface area contributed by atoms with Crippen molar-refractivity contribution in [3.63, 3.8) is 0 Å². The minimum absolute atomic E-state index is 0.494. The van der Waals surface area contributed by atoms with Gasteiger partial charge in [-0.25, -0.2) is 4.79 Å². The third kappa shape index (κ3) is 1.95. The Labute approximate surface area is 95.7 Å². The van der Waals surface area contributed by atoms with Crippen molar-refractivity contribution in [1.29, 1.82) is 0 Å². The largest absolute Gasteiger partial charge is 0.477 e. The number of hydrogen-bond acceptors (Lipinski definition) is 2. The Hall–Kier alpha value is -2.04. The summed E-state index contributed by atoms with van der Waals surface area (Å²) in [6.07, 6.45) is 0. The van der Waals surface area contributed by atoms with Crippen molar-refractivity contribution in [2.75, 3.05) is 0 Å². The molecule has 0 saturated heterocycles. The number of carbonyl (C=O) groups is 1. The normalized spacial score (nSPS) is 11.7. The maximum absolute atomic E-state index is 13.3. The smallest absolute Gasteiger partial charge is 0.379 e. The molecule has 0 aliphatic rings. The molecule has 0 aliphatic carbocycles. The monoisotopic (exact) mass is 237 g/mol. The number of aromatic nitrogens is 1. The molecule has 0 radical (unpaired) electrons. The summed E-state index contributed by atoms with van der Waals surface area (Å²) in [5.74, 6) is -6.03. The molecule has 1 aromatic heterocycles. The van der Waals surface area contributed by atoms with Crippen molar-refractivity contribution < 1.29 is 18.7 Å². The number of halogens is 2. The van der Waals surface area contributed by atoms with E-state index in [1.54, 1.807) is 19.1 Å². The predicted octanol–water partition coefficient (Wildman–Crippen LogP) is 2.72. The Bertz CT molecular complexity index is 596. The van der Waals surface area contributed by atoms with E-state index in [9.17, 15) is 13.6 Å². The second-order valence-corrected chi connectivity index (χ2v) is 3.74. The van der Waals surface area contributed by atoms with Crippen LogP contribution in [0.5, 0.6) is 0 Å². The van der Waals surface area contributed by atoms with Crippen LogP contribution >= 0.6 is 0 Å². The molecule has 0 spiro atoms. The van der Waals surface area contributed by atoms with Gasteiger partial charge in [0.05, 0.1) is 5.52 Å². The molecule has 88 valence electrons. The number of fused-ring (bicyclic) bond motifs is 1. The highest BCUT2D eigenvalue weighted by Crippen LogP contribution is 2.30. The van der Waals surface area contributed by atoms with Crippen LogP contribution in [0.3, 0.4) is 0 Å². The van der Waals surface area contributed by atoms with Crippen molar-refractivity contribution in [3.05, 3.63) is 41.6 Å². The van der Waals surface area contributed by atoms with Crippen LogP contribution < -0.4 is 0 Å². The molecular formula is C12H9F2NO2. The van der Waals surface area contributed by atoms with E-state index in [0.717, 1.165) is 17.8 Å². The van der Waals surface area contributed by atoms with Crippen LogP contribution in [0.1, 0.15) is 11.3 Å². The average molecular weight is 237 g/mol. The molecule has 0 saturated carbocycles. The molecule has 5 heteroatoms. The maximum atomic E-state index is 13.3. The zero-order valence-electron chi connectivity index (χ0n) is 8.95. The van der Waals surface area contributed by atoms with Gasteiger partial charge in [0.15, 0.2) is 0 Å². The van der Waals surface area contributed by atoms with E-state index < -0.39 is 17.5 Å². The first-order valence-corrected chi connectivity index (χ1v) is 4.90.